The average Bonchev–Trinajstić information content (AvgIpc) is 2.48. The quantitative estimate of drug-likeness (QED) is 0.886. The molecule has 0 unspecified atom stereocenters. The molecule has 108 valence electrons. The van der Waals surface area contributed by atoms with Gasteiger partial charge in [-0.1, -0.05) is 23.7 Å². The minimum Gasteiger partial charge on any atom is -0.381 e. The Kier molecular flexibility index (Phi) is 4.08. The zero-order chi connectivity index (χ0) is 14.8. The summed E-state index contributed by atoms with van der Waals surface area (Å²) in [4.78, 5) is 12.5. The zero-order valence-electron chi connectivity index (χ0n) is 11.6. The minimum absolute atomic E-state index is 0.0509. The van der Waals surface area contributed by atoms with E-state index in [2.05, 4.69) is 16.7 Å². The van der Waals surface area contributed by atoms with Crippen LogP contribution >= 0.6 is 23.4 Å². The molecule has 1 amide bonds. The Bertz CT molecular complexity index is 703. The lowest BCUT2D eigenvalue weighted by Gasteiger charge is -2.17. The lowest BCUT2D eigenvalue weighted by atomic mass is 10.1. The molecule has 0 aliphatic carbocycles. The normalized spacial score (nSPS) is 13.5. The van der Waals surface area contributed by atoms with Crippen molar-refractivity contribution in [1.82, 2.24) is 0 Å². The number of carbonyl (C=O) groups excluding carboxylic acids is 1. The molecule has 1 aliphatic heterocycles. The van der Waals surface area contributed by atoms with E-state index in [0.717, 1.165) is 32.4 Å². The maximum absolute atomic E-state index is 11.4. The highest BCUT2D eigenvalue weighted by Crippen LogP contribution is 2.33. The van der Waals surface area contributed by atoms with E-state index in [4.69, 9.17) is 11.6 Å². The summed E-state index contributed by atoms with van der Waals surface area (Å²) in [6, 6.07) is 12.1. The first-order valence-electron chi connectivity index (χ1n) is 6.67. The molecule has 0 aromatic heterocycles. The van der Waals surface area contributed by atoms with Crippen molar-refractivity contribution in [1.29, 1.82) is 0 Å². The maximum Gasteiger partial charge on any atom is 0.234 e. The van der Waals surface area contributed by atoms with Gasteiger partial charge in [0.25, 0.3) is 0 Å². The number of carbonyl (C=O) groups is 1. The molecule has 1 heterocycles. The highest BCUT2D eigenvalue weighted by atomic mass is 35.5. The first-order chi connectivity index (χ1) is 10.1. The summed E-state index contributed by atoms with van der Waals surface area (Å²) < 4.78 is 0. The van der Waals surface area contributed by atoms with Gasteiger partial charge in [-0.25, -0.2) is 0 Å². The van der Waals surface area contributed by atoms with Crippen molar-refractivity contribution in [2.75, 3.05) is 16.4 Å². The molecule has 2 aromatic rings. The molecular weight excluding hydrogens is 304 g/mol. The molecule has 1 aliphatic rings. The number of nitrogens with one attached hydrogen (secondary N) is 2. The van der Waals surface area contributed by atoms with E-state index in [0.29, 0.717) is 12.3 Å². The van der Waals surface area contributed by atoms with Gasteiger partial charge in [-0.2, -0.15) is 0 Å². The Morgan fingerprint density at radius 2 is 2.14 bits per heavy atom. The number of halogens is 1. The zero-order valence-corrected chi connectivity index (χ0v) is 13.1. The van der Waals surface area contributed by atoms with Gasteiger partial charge in [0.15, 0.2) is 0 Å². The van der Waals surface area contributed by atoms with Gasteiger partial charge in [-0.3, -0.25) is 4.79 Å². The molecule has 3 nitrogen and oxygen atoms in total. The molecule has 3 rings (SSSR count). The largest absolute Gasteiger partial charge is 0.381 e. The number of hydrogen-bond acceptors (Lipinski definition) is 3. The monoisotopic (exact) mass is 318 g/mol. The highest BCUT2D eigenvalue weighted by Gasteiger charge is 2.15. The van der Waals surface area contributed by atoms with Gasteiger partial charge in [-0.15, -0.1) is 11.8 Å². The van der Waals surface area contributed by atoms with Gasteiger partial charge < -0.3 is 10.6 Å². The predicted octanol–water partition coefficient (Wildman–Crippen LogP) is 4.30. The molecule has 5 heteroatoms. The molecule has 0 saturated carbocycles. The number of anilines is 2. The summed E-state index contributed by atoms with van der Waals surface area (Å²) >= 11 is 7.69. The fraction of sp³-hybridized carbons (Fsp3) is 0.188. The number of aryl methyl sites for hydroxylation is 1. The summed E-state index contributed by atoms with van der Waals surface area (Å²) in [6.45, 7) is 2.68. The summed E-state index contributed by atoms with van der Waals surface area (Å²) in [6.07, 6.45) is 0. The summed E-state index contributed by atoms with van der Waals surface area (Å²) in [5.74, 6) is 0.539. The predicted molar refractivity (Wildman–Crippen MR) is 89.3 cm³/mol. The van der Waals surface area contributed by atoms with Crippen LogP contribution in [0.25, 0.3) is 0 Å². The third-order valence-corrected chi connectivity index (χ3v) is 4.83. The molecule has 2 aromatic carbocycles. The van der Waals surface area contributed by atoms with Crippen LogP contribution < -0.4 is 10.6 Å². The van der Waals surface area contributed by atoms with Gasteiger partial charge in [0.2, 0.25) is 5.91 Å². The van der Waals surface area contributed by atoms with Crippen molar-refractivity contribution in [2.45, 2.75) is 18.4 Å². The van der Waals surface area contributed by atoms with Gasteiger partial charge in [0.05, 0.1) is 11.4 Å². The van der Waals surface area contributed by atoms with Crippen LogP contribution in [-0.2, 0) is 11.3 Å². The second-order valence-corrected chi connectivity index (χ2v) is 6.41. The molecule has 0 bridgehead atoms. The maximum atomic E-state index is 11.4. The van der Waals surface area contributed by atoms with E-state index >= 15 is 0 Å². The van der Waals surface area contributed by atoms with Crippen molar-refractivity contribution in [2.24, 2.45) is 0 Å². The molecular formula is C16H15ClN2OS. The van der Waals surface area contributed by atoms with Crippen molar-refractivity contribution < 1.29 is 4.79 Å². The van der Waals surface area contributed by atoms with Crippen LogP contribution in [0.15, 0.2) is 41.3 Å². The highest BCUT2D eigenvalue weighted by molar-refractivity contribution is 8.00. The van der Waals surface area contributed by atoms with Crippen molar-refractivity contribution in [3.05, 3.63) is 52.5 Å². The van der Waals surface area contributed by atoms with Crippen molar-refractivity contribution in [3.63, 3.8) is 0 Å². The van der Waals surface area contributed by atoms with E-state index in [1.54, 1.807) is 11.8 Å². The first-order valence-corrected chi connectivity index (χ1v) is 8.04. The molecule has 0 atom stereocenters. The van der Waals surface area contributed by atoms with E-state index in [1.807, 2.05) is 37.3 Å². The van der Waals surface area contributed by atoms with Gasteiger partial charge in [0.1, 0.15) is 0 Å². The minimum atomic E-state index is 0.0509. The van der Waals surface area contributed by atoms with Crippen LogP contribution in [0.4, 0.5) is 11.4 Å². The lowest BCUT2D eigenvalue weighted by molar-refractivity contribution is -0.113. The Hall–Kier alpha value is -1.65. The third-order valence-electron chi connectivity index (χ3n) is 3.35. The number of hydrogen-bond donors (Lipinski definition) is 2. The van der Waals surface area contributed by atoms with Crippen LogP contribution in [0.5, 0.6) is 0 Å². The number of rotatable bonds is 3. The van der Waals surface area contributed by atoms with Crippen LogP contribution in [-0.4, -0.2) is 11.7 Å². The van der Waals surface area contributed by atoms with E-state index in [1.165, 1.54) is 0 Å². The molecule has 0 saturated heterocycles. The number of fused-ring (bicyclic) bond motifs is 1. The van der Waals surface area contributed by atoms with Crippen LogP contribution in [0.3, 0.4) is 0 Å². The van der Waals surface area contributed by atoms with Crippen LogP contribution in [0.1, 0.15) is 11.1 Å². The average molecular weight is 319 g/mol. The lowest BCUT2D eigenvalue weighted by Crippen LogP contribution is -2.18. The molecule has 0 spiro atoms. The van der Waals surface area contributed by atoms with Crippen molar-refractivity contribution in [3.8, 4) is 0 Å². The Labute approximate surface area is 133 Å². The Morgan fingerprint density at radius 1 is 1.29 bits per heavy atom. The molecule has 2 N–H and O–H groups in total. The third kappa shape index (κ3) is 3.34. The fourth-order valence-corrected chi connectivity index (χ4v) is 3.14. The van der Waals surface area contributed by atoms with Crippen LogP contribution in [0.2, 0.25) is 5.02 Å². The SMILES string of the molecule is Cc1ccc(CNc2ccc3c(c2)NC(=O)CS3)cc1Cl. The fourth-order valence-electron chi connectivity index (χ4n) is 2.14. The number of benzene rings is 2. The second-order valence-electron chi connectivity index (χ2n) is 4.98. The van der Waals surface area contributed by atoms with E-state index < -0.39 is 0 Å². The van der Waals surface area contributed by atoms with Crippen molar-refractivity contribution >= 4 is 40.6 Å². The number of amides is 1. The topological polar surface area (TPSA) is 41.1 Å². The summed E-state index contributed by atoms with van der Waals surface area (Å²) in [5.41, 5.74) is 4.06. The van der Waals surface area contributed by atoms with E-state index in [9.17, 15) is 4.79 Å². The molecule has 0 fully saturated rings. The number of thioether (sulfide) groups is 1. The van der Waals surface area contributed by atoms with Gasteiger partial charge in [-0.05, 0) is 42.3 Å². The van der Waals surface area contributed by atoms with Crippen LogP contribution in [0, 0.1) is 6.92 Å². The Morgan fingerprint density at radius 3 is 2.95 bits per heavy atom. The summed E-state index contributed by atoms with van der Waals surface area (Å²) in [5, 5.41) is 7.03. The summed E-state index contributed by atoms with van der Waals surface area (Å²) in [7, 11) is 0. The second kappa shape index (κ2) is 6.00. The standard InChI is InChI=1S/C16H15ClN2OS/c1-10-2-3-11(6-13(10)17)8-18-12-4-5-15-14(7-12)19-16(20)9-21-15/h2-7,18H,8-9H2,1H3,(H,19,20). The van der Waals surface area contributed by atoms with E-state index in [-0.39, 0.29) is 5.91 Å². The van der Waals surface area contributed by atoms with Gasteiger partial charge >= 0.3 is 0 Å². The Balaban J connectivity index is 1.72. The van der Waals surface area contributed by atoms with Gasteiger partial charge in [0, 0.05) is 22.2 Å². The molecule has 21 heavy (non-hydrogen) atoms. The smallest absolute Gasteiger partial charge is 0.234 e. The first kappa shape index (κ1) is 14.3. The molecule has 0 radical (unpaired) electrons.